The minimum absolute atomic E-state index is 0.302. The van der Waals surface area contributed by atoms with Crippen LogP contribution in [0.4, 0.5) is 0 Å². The molecular weight excluding hydrogens is 238 g/mol. The second kappa shape index (κ2) is 5.41. The van der Waals surface area contributed by atoms with Crippen molar-refractivity contribution in [2.24, 2.45) is 5.41 Å². The smallest absolute Gasteiger partial charge is 0.126 e. The number of rotatable bonds is 5. The van der Waals surface area contributed by atoms with E-state index in [4.69, 9.17) is 9.47 Å². The zero-order valence-electron chi connectivity index (χ0n) is 12.6. The summed E-state index contributed by atoms with van der Waals surface area (Å²) in [6.07, 6.45) is 2.34. The number of ether oxygens (including phenoxy) is 2. The van der Waals surface area contributed by atoms with Gasteiger partial charge in [0.25, 0.3) is 0 Å². The number of nitrogens with one attached hydrogen (secondary N) is 1. The molecular formula is C16H25NO2. The van der Waals surface area contributed by atoms with E-state index >= 15 is 0 Å². The van der Waals surface area contributed by atoms with Crippen LogP contribution < -0.4 is 14.8 Å². The number of hydrogen-bond acceptors (Lipinski definition) is 3. The molecule has 0 radical (unpaired) electrons. The van der Waals surface area contributed by atoms with Gasteiger partial charge in [-0.1, -0.05) is 19.9 Å². The summed E-state index contributed by atoms with van der Waals surface area (Å²) in [6, 6.07) is 6.76. The Morgan fingerprint density at radius 3 is 2.58 bits per heavy atom. The fourth-order valence-corrected chi connectivity index (χ4v) is 3.39. The quantitative estimate of drug-likeness (QED) is 0.885. The highest BCUT2D eigenvalue weighted by Crippen LogP contribution is 2.56. The molecule has 0 heterocycles. The molecule has 1 fully saturated rings. The Bertz CT molecular complexity index is 446. The van der Waals surface area contributed by atoms with Crippen LogP contribution in [0, 0.1) is 5.41 Å². The van der Waals surface area contributed by atoms with Crippen LogP contribution in [0.3, 0.4) is 0 Å². The molecule has 106 valence electrons. The van der Waals surface area contributed by atoms with Crippen molar-refractivity contribution in [3.63, 3.8) is 0 Å². The lowest BCUT2D eigenvalue weighted by molar-refractivity contribution is 0.0480. The Labute approximate surface area is 116 Å². The molecule has 19 heavy (non-hydrogen) atoms. The maximum atomic E-state index is 5.55. The minimum Gasteiger partial charge on any atom is -0.497 e. The molecule has 1 aliphatic carbocycles. The van der Waals surface area contributed by atoms with Crippen molar-refractivity contribution in [1.82, 2.24) is 5.32 Å². The molecule has 3 unspecified atom stereocenters. The summed E-state index contributed by atoms with van der Waals surface area (Å²) in [5.74, 6) is 2.35. The zero-order chi connectivity index (χ0) is 14.0. The van der Waals surface area contributed by atoms with E-state index in [1.54, 1.807) is 14.2 Å². The van der Waals surface area contributed by atoms with E-state index in [9.17, 15) is 0 Å². The van der Waals surface area contributed by atoms with Gasteiger partial charge < -0.3 is 14.8 Å². The van der Waals surface area contributed by atoms with Crippen molar-refractivity contribution in [3.05, 3.63) is 23.8 Å². The van der Waals surface area contributed by atoms with Crippen LogP contribution in [0.5, 0.6) is 11.5 Å². The summed E-state index contributed by atoms with van der Waals surface area (Å²) in [5, 5.41) is 3.44. The maximum absolute atomic E-state index is 5.55. The van der Waals surface area contributed by atoms with Crippen LogP contribution in [-0.2, 0) is 0 Å². The molecule has 3 atom stereocenters. The van der Waals surface area contributed by atoms with Gasteiger partial charge in [0.05, 0.1) is 14.2 Å². The molecule has 0 aromatic heterocycles. The highest BCUT2D eigenvalue weighted by atomic mass is 16.5. The second-order valence-corrected chi connectivity index (χ2v) is 5.60. The van der Waals surface area contributed by atoms with Crippen LogP contribution in [0.25, 0.3) is 0 Å². The van der Waals surface area contributed by atoms with E-state index in [2.05, 4.69) is 32.3 Å². The largest absolute Gasteiger partial charge is 0.497 e. The third kappa shape index (κ3) is 2.20. The Morgan fingerprint density at radius 1 is 1.32 bits per heavy atom. The Kier molecular flexibility index (Phi) is 4.04. The predicted molar refractivity (Wildman–Crippen MR) is 78.1 cm³/mol. The first-order chi connectivity index (χ1) is 9.10. The molecule has 2 rings (SSSR count). The monoisotopic (exact) mass is 263 g/mol. The lowest BCUT2D eigenvalue weighted by Crippen LogP contribution is -2.55. The van der Waals surface area contributed by atoms with Gasteiger partial charge in [-0.25, -0.2) is 0 Å². The van der Waals surface area contributed by atoms with Crippen molar-refractivity contribution in [2.75, 3.05) is 21.3 Å². The fraction of sp³-hybridized carbons (Fsp3) is 0.625. The van der Waals surface area contributed by atoms with E-state index in [0.717, 1.165) is 11.5 Å². The van der Waals surface area contributed by atoms with Crippen molar-refractivity contribution in [1.29, 1.82) is 0 Å². The van der Waals surface area contributed by atoms with E-state index < -0.39 is 0 Å². The van der Waals surface area contributed by atoms with Gasteiger partial charge in [0.2, 0.25) is 0 Å². The summed E-state index contributed by atoms with van der Waals surface area (Å²) in [5.41, 5.74) is 1.61. The molecule has 1 aromatic rings. The molecule has 1 aromatic carbocycles. The van der Waals surface area contributed by atoms with E-state index in [1.807, 2.05) is 12.1 Å². The predicted octanol–water partition coefficient (Wildman–Crippen LogP) is 3.20. The first kappa shape index (κ1) is 14.2. The molecule has 0 spiro atoms. The van der Waals surface area contributed by atoms with Crippen LogP contribution in [0.1, 0.15) is 38.2 Å². The number of methoxy groups -OCH3 is 2. The summed E-state index contributed by atoms with van der Waals surface area (Å²) in [4.78, 5) is 0. The van der Waals surface area contributed by atoms with Crippen molar-refractivity contribution in [3.8, 4) is 11.5 Å². The highest BCUT2D eigenvalue weighted by molar-refractivity contribution is 5.45. The molecule has 1 saturated carbocycles. The summed E-state index contributed by atoms with van der Waals surface area (Å²) in [6.45, 7) is 4.64. The molecule has 3 nitrogen and oxygen atoms in total. The van der Waals surface area contributed by atoms with Gasteiger partial charge in [0.15, 0.2) is 0 Å². The second-order valence-electron chi connectivity index (χ2n) is 5.60. The lowest BCUT2D eigenvalue weighted by Gasteiger charge is -2.54. The van der Waals surface area contributed by atoms with Crippen LogP contribution in [0.15, 0.2) is 18.2 Å². The molecule has 0 saturated heterocycles. The SMILES string of the molecule is CCC1(C)C(NC)CC1c1ccc(OC)cc1OC. The van der Waals surface area contributed by atoms with Gasteiger partial charge in [0, 0.05) is 12.1 Å². The van der Waals surface area contributed by atoms with Crippen LogP contribution in [-0.4, -0.2) is 27.3 Å². The Hall–Kier alpha value is -1.22. The van der Waals surface area contributed by atoms with Gasteiger partial charge in [-0.05, 0) is 42.9 Å². The molecule has 0 bridgehead atoms. The number of hydrogen-bond donors (Lipinski definition) is 1. The average molecular weight is 263 g/mol. The van der Waals surface area contributed by atoms with E-state index in [1.165, 1.54) is 18.4 Å². The molecule has 1 N–H and O–H groups in total. The van der Waals surface area contributed by atoms with Crippen molar-refractivity contribution >= 4 is 0 Å². The molecule has 0 amide bonds. The summed E-state index contributed by atoms with van der Waals surface area (Å²) >= 11 is 0. The van der Waals surface area contributed by atoms with Gasteiger partial charge in [-0.15, -0.1) is 0 Å². The first-order valence-electron chi connectivity index (χ1n) is 6.99. The molecule has 1 aliphatic rings. The minimum atomic E-state index is 0.302. The third-order valence-electron chi connectivity index (χ3n) is 4.99. The van der Waals surface area contributed by atoms with E-state index in [-0.39, 0.29) is 0 Å². The normalized spacial score (nSPS) is 29.7. The molecule has 0 aliphatic heterocycles. The maximum Gasteiger partial charge on any atom is 0.126 e. The Balaban J connectivity index is 2.32. The summed E-state index contributed by atoms with van der Waals surface area (Å²) in [7, 11) is 5.47. The highest BCUT2D eigenvalue weighted by Gasteiger charge is 2.50. The van der Waals surface area contributed by atoms with Gasteiger partial charge in [-0.3, -0.25) is 0 Å². The molecule has 3 heteroatoms. The average Bonchev–Trinajstić information content (AvgIpc) is 2.45. The third-order valence-corrected chi connectivity index (χ3v) is 4.99. The Morgan fingerprint density at radius 2 is 2.05 bits per heavy atom. The summed E-state index contributed by atoms with van der Waals surface area (Å²) < 4.78 is 10.8. The topological polar surface area (TPSA) is 30.5 Å². The van der Waals surface area contributed by atoms with Gasteiger partial charge in [0.1, 0.15) is 11.5 Å². The lowest BCUT2D eigenvalue weighted by atomic mass is 9.54. The fourth-order valence-electron chi connectivity index (χ4n) is 3.39. The van der Waals surface area contributed by atoms with Crippen molar-refractivity contribution < 1.29 is 9.47 Å². The number of benzene rings is 1. The van der Waals surface area contributed by atoms with E-state index in [0.29, 0.717) is 17.4 Å². The first-order valence-corrected chi connectivity index (χ1v) is 6.99. The zero-order valence-corrected chi connectivity index (χ0v) is 12.6. The van der Waals surface area contributed by atoms with Gasteiger partial charge >= 0.3 is 0 Å². The standard InChI is InChI=1S/C16H25NO2/c1-6-16(2)13(10-15(16)17-3)12-8-7-11(18-4)9-14(12)19-5/h7-9,13,15,17H,6,10H2,1-5H3. The van der Waals surface area contributed by atoms with Crippen molar-refractivity contribution in [2.45, 2.75) is 38.6 Å². The van der Waals surface area contributed by atoms with Gasteiger partial charge in [-0.2, -0.15) is 0 Å². The van der Waals surface area contributed by atoms with Crippen LogP contribution >= 0.6 is 0 Å². The van der Waals surface area contributed by atoms with Crippen LogP contribution in [0.2, 0.25) is 0 Å².